The highest BCUT2D eigenvalue weighted by Gasteiger charge is 2.17. The van der Waals surface area contributed by atoms with Crippen molar-refractivity contribution < 1.29 is 0 Å². The fraction of sp³-hybridized carbons (Fsp3) is 0.429. The van der Waals surface area contributed by atoms with Crippen molar-refractivity contribution in [2.75, 3.05) is 0 Å². The Hall–Kier alpha value is -0.760. The van der Waals surface area contributed by atoms with Gasteiger partial charge in [0.25, 0.3) is 0 Å². The molecule has 2 heteroatoms. The van der Waals surface area contributed by atoms with E-state index in [0.29, 0.717) is 0 Å². The molecular formula is C14H16BrN. The Balaban J connectivity index is 1.93. The van der Waals surface area contributed by atoms with Gasteiger partial charge in [-0.3, -0.25) is 0 Å². The van der Waals surface area contributed by atoms with E-state index in [1.54, 1.807) is 0 Å². The van der Waals surface area contributed by atoms with Crippen LogP contribution in [-0.2, 0) is 6.42 Å². The number of rotatable bonds is 2. The van der Waals surface area contributed by atoms with E-state index in [1.165, 1.54) is 53.0 Å². The van der Waals surface area contributed by atoms with Crippen molar-refractivity contribution >= 4 is 26.8 Å². The average Bonchev–Trinajstić information content (AvgIpc) is 2.90. The maximum Gasteiger partial charge on any atom is 0.0457 e. The molecule has 1 N–H and O–H groups in total. The molecule has 84 valence electrons. The first-order valence-electron chi connectivity index (χ1n) is 6.08. The van der Waals surface area contributed by atoms with Gasteiger partial charge in [0.2, 0.25) is 0 Å². The summed E-state index contributed by atoms with van der Waals surface area (Å²) in [6.07, 6.45) is 9.13. The lowest BCUT2D eigenvalue weighted by Crippen LogP contribution is -1.97. The van der Waals surface area contributed by atoms with Gasteiger partial charge in [0.05, 0.1) is 0 Å². The van der Waals surface area contributed by atoms with Crippen LogP contribution in [0.3, 0.4) is 0 Å². The Morgan fingerprint density at radius 1 is 1.25 bits per heavy atom. The molecule has 1 aliphatic rings. The second kappa shape index (κ2) is 4.25. The van der Waals surface area contributed by atoms with Crippen LogP contribution in [0.4, 0.5) is 0 Å². The van der Waals surface area contributed by atoms with Gasteiger partial charge in [-0.1, -0.05) is 41.6 Å². The van der Waals surface area contributed by atoms with E-state index < -0.39 is 0 Å². The maximum absolute atomic E-state index is 3.55. The fourth-order valence-corrected chi connectivity index (χ4v) is 3.21. The number of fused-ring (bicyclic) bond motifs is 1. The standard InChI is InChI=1S/C14H16BrN/c15-12-5-6-14-13(8-12)11(9-16-14)7-10-3-1-2-4-10/h5-6,8-10,16H,1-4,7H2. The molecule has 0 spiro atoms. The Kier molecular flexibility index (Phi) is 2.76. The zero-order chi connectivity index (χ0) is 11.0. The zero-order valence-electron chi connectivity index (χ0n) is 9.30. The minimum Gasteiger partial charge on any atom is -0.361 e. The molecule has 1 aromatic carbocycles. The van der Waals surface area contributed by atoms with Gasteiger partial charge in [0.15, 0.2) is 0 Å². The molecule has 1 aromatic heterocycles. The molecule has 0 unspecified atom stereocenters. The number of aromatic amines is 1. The van der Waals surface area contributed by atoms with Gasteiger partial charge in [-0.15, -0.1) is 0 Å². The predicted octanol–water partition coefficient (Wildman–Crippen LogP) is 4.66. The monoisotopic (exact) mass is 277 g/mol. The maximum atomic E-state index is 3.55. The van der Waals surface area contributed by atoms with E-state index >= 15 is 0 Å². The highest BCUT2D eigenvalue weighted by molar-refractivity contribution is 9.10. The summed E-state index contributed by atoms with van der Waals surface area (Å²) in [5.41, 5.74) is 2.75. The summed E-state index contributed by atoms with van der Waals surface area (Å²) in [5.74, 6) is 0.915. The van der Waals surface area contributed by atoms with E-state index in [-0.39, 0.29) is 0 Å². The lowest BCUT2D eigenvalue weighted by atomic mass is 9.98. The molecule has 3 rings (SSSR count). The van der Waals surface area contributed by atoms with Crippen LogP contribution in [0.2, 0.25) is 0 Å². The van der Waals surface area contributed by atoms with Gasteiger partial charge in [0.1, 0.15) is 0 Å². The Labute approximate surface area is 104 Å². The molecule has 0 atom stereocenters. The van der Waals surface area contributed by atoms with E-state index in [9.17, 15) is 0 Å². The van der Waals surface area contributed by atoms with E-state index in [0.717, 1.165) is 5.92 Å². The third-order valence-electron chi connectivity index (χ3n) is 3.71. The number of halogens is 1. The lowest BCUT2D eigenvalue weighted by Gasteiger charge is -2.07. The second-order valence-corrected chi connectivity index (χ2v) is 5.77. The number of hydrogen-bond acceptors (Lipinski definition) is 0. The van der Waals surface area contributed by atoms with E-state index in [2.05, 4.69) is 45.3 Å². The van der Waals surface area contributed by atoms with Gasteiger partial charge < -0.3 is 4.98 Å². The quantitative estimate of drug-likeness (QED) is 0.822. The van der Waals surface area contributed by atoms with Crippen molar-refractivity contribution in [1.29, 1.82) is 0 Å². The van der Waals surface area contributed by atoms with Crippen molar-refractivity contribution in [3.8, 4) is 0 Å². The SMILES string of the molecule is Brc1ccc2[nH]cc(CC3CCCC3)c2c1. The number of benzene rings is 1. The van der Waals surface area contributed by atoms with Crippen LogP contribution in [0, 0.1) is 5.92 Å². The molecule has 0 bridgehead atoms. The minimum absolute atomic E-state index is 0.915. The van der Waals surface area contributed by atoms with Crippen LogP contribution < -0.4 is 0 Å². The van der Waals surface area contributed by atoms with Crippen molar-refractivity contribution in [3.63, 3.8) is 0 Å². The van der Waals surface area contributed by atoms with Crippen molar-refractivity contribution in [3.05, 3.63) is 34.4 Å². The number of H-pyrrole nitrogens is 1. The van der Waals surface area contributed by atoms with Crippen molar-refractivity contribution in [1.82, 2.24) is 4.98 Å². The number of aromatic nitrogens is 1. The molecule has 1 saturated carbocycles. The third kappa shape index (κ3) is 1.91. The molecule has 1 heterocycles. The summed E-state index contributed by atoms with van der Waals surface area (Å²) in [6, 6.07) is 6.48. The molecule has 0 saturated heterocycles. The highest BCUT2D eigenvalue weighted by atomic mass is 79.9. The normalized spacial score (nSPS) is 17.3. The fourth-order valence-electron chi connectivity index (χ4n) is 2.85. The zero-order valence-corrected chi connectivity index (χ0v) is 10.9. The van der Waals surface area contributed by atoms with E-state index in [1.807, 2.05) is 0 Å². The van der Waals surface area contributed by atoms with Crippen molar-refractivity contribution in [2.24, 2.45) is 5.92 Å². The summed E-state index contributed by atoms with van der Waals surface area (Å²) < 4.78 is 1.17. The summed E-state index contributed by atoms with van der Waals surface area (Å²) in [7, 11) is 0. The van der Waals surface area contributed by atoms with Crippen LogP contribution in [0.25, 0.3) is 10.9 Å². The van der Waals surface area contributed by atoms with E-state index in [4.69, 9.17) is 0 Å². The molecule has 1 nitrogen and oxygen atoms in total. The first-order valence-corrected chi connectivity index (χ1v) is 6.88. The molecule has 0 amide bonds. The van der Waals surface area contributed by atoms with Gasteiger partial charge in [-0.05, 0) is 36.1 Å². The molecule has 0 radical (unpaired) electrons. The number of nitrogens with one attached hydrogen (secondary N) is 1. The van der Waals surface area contributed by atoms with Crippen LogP contribution >= 0.6 is 15.9 Å². The summed E-state index contributed by atoms with van der Waals surface area (Å²) in [4.78, 5) is 3.37. The molecule has 1 fully saturated rings. The van der Waals surface area contributed by atoms with Gasteiger partial charge in [0, 0.05) is 21.6 Å². The molecule has 2 aromatic rings. The second-order valence-electron chi connectivity index (χ2n) is 4.86. The van der Waals surface area contributed by atoms with Gasteiger partial charge in [-0.2, -0.15) is 0 Å². The molecule has 1 aliphatic carbocycles. The van der Waals surface area contributed by atoms with Crippen LogP contribution in [0.1, 0.15) is 31.2 Å². The lowest BCUT2D eigenvalue weighted by molar-refractivity contribution is 0.548. The first kappa shape index (κ1) is 10.4. The third-order valence-corrected chi connectivity index (χ3v) is 4.21. The molecule has 16 heavy (non-hydrogen) atoms. The Morgan fingerprint density at radius 3 is 2.88 bits per heavy atom. The highest BCUT2D eigenvalue weighted by Crippen LogP contribution is 2.31. The van der Waals surface area contributed by atoms with Crippen molar-refractivity contribution in [2.45, 2.75) is 32.1 Å². The topological polar surface area (TPSA) is 15.8 Å². The molecule has 0 aliphatic heterocycles. The van der Waals surface area contributed by atoms with Crippen LogP contribution in [0.5, 0.6) is 0 Å². The molecular weight excluding hydrogens is 262 g/mol. The largest absolute Gasteiger partial charge is 0.361 e. The summed E-state index contributed by atoms with van der Waals surface area (Å²) in [5, 5.41) is 1.39. The summed E-state index contributed by atoms with van der Waals surface area (Å²) >= 11 is 3.55. The van der Waals surface area contributed by atoms with Crippen LogP contribution in [0.15, 0.2) is 28.9 Å². The summed E-state index contributed by atoms with van der Waals surface area (Å²) in [6.45, 7) is 0. The Bertz CT molecular complexity index is 494. The van der Waals surface area contributed by atoms with Crippen LogP contribution in [-0.4, -0.2) is 4.98 Å². The average molecular weight is 278 g/mol. The minimum atomic E-state index is 0.915. The van der Waals surface area contributed by atoms with Gasteiger partial charge >= 0.3 is 0 Å². The van der Waals surface area contributed by atoms with Gasteiger partial charge in [-0.25, -0.2) is 0 Å². The first-order chi connectivity index (χ1) is 7.83. The Morgan fingerprint density at radius 2 is 2.06 bits per heavy atom. The number of hydrogen-bond donors (Lipinski definition) is 1. The smallest absolute Gasteiger partial charge is 0.0457 e. The predicted molar refractivity (Wildman–Crippen MR) is 71.7 cm³/mol.